The van der Waals surface area contributed by atoms with Crippen molar-refractivity contribution in [1.29, 1.82) is 0 Å². The van der Waals surface area contributed by atoms with Crippen molar-refractivity contribution in [3.63, 3.8) is 0 Å². The topological polar surface area (TPSA) is 105 Å². The largest absolute Gasteiger partial charge is 0.405 e. The molecule has 0 aromatic heterocycles. The number of rotatable bonds is 11. The van der Waals surface area contributed by atoms with Gasteiger partial charge >= 0.3 is 6.18 Å². The third-order valence-corrected chi connectivity index (χ3v) is 4.31. The lowest BCUT2D eigenvalue weighted by molar-refractivity contribution is -0.138. The third kappa shape index (κ3) is 10.8. The molecule has 0 unspecified atom stereocenters. The van der Waals surface area contributed by atoms with Gasteiger partial charge in [0.2, 0.25) is 17.7 Å². The van der Waals surface area contributed by atoms with Crippen LogP contribution in [0.1, 0.15) is 51.4 Å². The van der Waals surface area contributed by atoms with Gasteiger partial charge in [0, 0.05) is 32.5 Å². The van der Waals surface area contributed by atoms with Gasteiger partial charge in [-0.2, -0.15) is 13.2 Å². The molecule has 27 heavy (non-hydrogen) atoms. The van der Waals surface area contributed by atoms with Crippen molar-refractivity contribution in [2.45, 2.75) is 63.6 Å². The van der Waals surface area contributed by atoms with E-state index >= 15 is 0 Å². The zero-order chi connectivity index (χ0) is 20.3. The number of hydrogen-bond donors (Lipinski definition) is 3. The summed E-state index contributed by atoms with van der Waals surface area (Å²) in [6, 6.07) is -0.663. The lowest BCUT2D eigenvalue weighted by Gasteiger charge is -2.19. The van der Waals surface area contributed by atoms with Gasteiger partial charge in [-0.05, 0) is 32.1 Å². The van der Waals surface area contributed by atoms with Gasteiger partial charge in [0.25, 0.3) is 0 Å². The number of nitrogens with two attached hydrogens (primary N) is 1. The second kappa shape index (κ2) is 11.8. The highest BCUT2D eigenvalue weighted by molar-refractivity contribution is 5.83. The number of halogens is 3. The number of carbonyl (C=O) groups is 3. The molecular formula is C17H29F3N4O3. The first-order valence-corrected chi connectivity index (χ1v) is 9.33. The quantitative estimate of drug-likeness (QED) is 0.456. The van der Waals surface area contributed by atoms with Crippen LogP contribution >= 0.6 is 0 Å². The molecule has 0 aromatic rings. The summed E-state index contributed by atoms with van der Waals surface area (Å²) in [5, 5.41) is 4.52. The van der Waals surface area contributed by atoms with Crippen LogP contribution in [-0.4, -0.2) is 61.0 Å². The van der Waals surface area contributed by atoms with E-state index in [1.54, 1.807) is 4.90 Å². The average molecular weight is 394 g/mol. The second-order valence-electron chi connectivity index (χ2n) is 6.73. The number of unbranched alkanes of at least 4 members (excludes halogenated alkanes) is 2. The molecule has 3 amide bonds. The van der Waals surface area contributed by atoms with Crippen molar-refractivity contribution >= 4 is 17.7 Å². The van der Waals surface area contributed by atoms with E-state index in [0.717, 1.165) is 25.9 Å². The Morgan fingerprint density at radius 3 is 2.22 bits per heavy atom. The first-order valence-electron chi connectivity index (χ1n) is 9.33. The van der Waals surface area contributed by atoms with Crippen LogP contribution in [0.15, 0.2) is 0 Å². The molecule has 0 radical (unpaired) electrons. The van der Waals surface area contributed by atoms with Gasteiger partial charge in [-0.25, -0.2) is 0 Å². The number of hydrogen-bond acceptors (Lipinski definition) is 4. The van der Waals surface area contributed by atoms with E-state index in [0.29, 0.717) is 32.2 Å². The number of alkyl halides is 3. The zero-order valence-electron chi connectivity index (χ0n) is 15.4. The van der Waals surface area contributed by atoms with E-state index in [1.807, 2.05) is 5.32 Å². The van der Waals surface area contributed by atoms with Crippen molar-refractivity contribution in [1.82, 2.24) is 15.5 Å². The molecule has 1 aliphatic heterocycles. The van der Waals surface area contributed by atoms with E-state index in [4.69, 9.17) is 5.73 Å². The fourth-order valence-corrected chi connectivity index (χ4v) is 2.77. The van der Waals surface area contributed by atoms with E-state index < -0.39 is 24.7 Å². The molecule has 0 spiro atoms. The Morgan fingerprint density at radius 1 is 0.963 bits per heavy atom. The standard InChI is InChI=1S/C17H29F3N4O3/c18-17(19,20)12-23-14(25)6-2-1-3-9-22-15(26)8-7-13(21)16(27)24-10-4-5-11-24/h13H,1-12,21H2,(H,22,26)(H,23,25)/t13-/m0/s1. The van der Waals surface area contributed by atoms with Crippen LogP contribution in [0.3, 0.4) is 0 Å². The lowest BCUT2D eigenvalue weighted by Crippen LogP contribution is -2.43. The van der Waals surface area contributed by atoms with Gasteiger partial charge < -0.3 is 21.3 Å². The molecule has 1 aliphatic rings. The van der Waals surface area contributed by atoms with Gasteiger partial charge in [-0.1, -0.05) is 6.42 Å². The van der Waals surface area contributed by atoms with Gasteiger partial charge in [0.1, 0.15) is 6.54 Å². The smallest absolute Gasteiger partial charge is 0.356 e. The van der Waals surface area contributed by atoms with Crippen LogP contribution in [-0.2, 0) is 14.4 Å². The molecule has 0 aliphatic carbocycles. The summed E-state index contributed by atoms with van der Waals surface area (Å²) >= 11 is 0. The lowest BCUT2D eigenvalue weighted by atomic mass is 10.1. The van der Waals surface area contributed by atoms with E-state index in [1.165, 1.54) is 0 Å². The molecule has 1 heterocycles. The Balaban J connectivity index is 2.00. The molecule has 1 atom stereocenters. The van der Waals surface area contributed by atoms with E-state index in [-0.39, 0.29) is 24.7 Å². The molecule has 1 saturated heterocycles. The highest BCUT2D eigenvalue weighted by atomic mass is 19.4. The first kappa shape index (κ1) is 23.2. The minimum Gasteiger partial charge on any atom is -0.356 e. The normalized spacial score (nSPS) is 15.5. The van der Waals surface area contributed by atoms with Crippen molar-refractivity contribution < 1.29 is 27.6 Å². The highest BCUT2D eigenvalue weighted by Crippen LogP contribution is 2.12. The van der Waals surface area contributed by atoms with Crippen molar-refractivity contribution in [3.05, 3.63) is 0 Å². The number of likely N-dealkylation sites (tertiary alicyclic amines) is 1. The van der Waals surface area contributed by atoms with Crippen molar-refractivity contribution in [3.8, 4) is 0 Å². The van der Waals surface area contributed by atoms with Gasteiger partial charge in [0.05, 0.1) is 6.04 Å². The minimum absolute atomic E-state index is 0.0253. The van der Waals surface area contributed by atoms with Gasteiger partial charge in [-0.3, -0.25) is 14.4 Å². The Morgan fingerprint density at radius 2 is 1.59 bits per heavy atom. The predicted molar refractivity (Wildman–Crippen MR) is 93.6 cm³/mol. The van der Waals surface area contributed by atoms with Crippen LogP contribution < -0.4 is 16.4 Å². The van der Waals surface area contributed by atoms with E-state index in [9.17, 15) is 27.6 Å². The summed E-state index contributed by atoms with van der Waals surface area (Å²) in [6.07, 6.45) is -0.245. The van der Waals surface area contributed by atoms with Crippen LogP contribution in [0.5, 0.6) is 0 Å². The Labute approximate surface area is 157 Å². The zero-order valence-corrected chi connectivity index (χ0v) is 15.4. The Kier molecular flexibility index (Phi) is 10.1. The minimum atomic E-state index is -4.40. The summed E-state index contributed by atoms with van der Waals surface area (Å²) in [4.78, 5) is 36.7. The molecule has 0 saturated carbocycles. The molecule has 1 fully saturated rings. The molecule has 4 N–H and O–H groups in total. The molecule has 156 valence electrons. The maximum absolute atomic E-state index is 12.0. The monoisotopic (exact) mass is 394 g/mol. The Bertz CT molecular complexity index is 494. The number of nitrogens with zero attached hydrogens (tertiary/aromatic N) is 1. The number of nitrogens with one attached hydrogen (secondary N) is 2. The molecule has 10 heteroatoms. The molecule has 7 nitrogen and oxygen atoms in total. The van der Waals surface area contributed by atoms with Crippen LogP contribution in [0, 0.1) is 0 Å². The second-order valence-corrected chi connectivity index (χ2v) is 6.73. The summed E-state index contributed by atoms with van der Waals surface area (Å²) in [5.74, 6) is -0.931. The summed E-state index contributed by atoms with van der Waals surface area (Å²) in [6.45, 7) is 0.558. The van der Waals surface area contributed by atoms with Gasteiger partial charge in [0.15, 0.2) is 0 Å². The molecule has 0 aromatic carbocycles. The van der Waals surface area contributed by atoms with Crippen LogP contribution in [0.4, 0.5) is 13.2 Å². The fraction of sp³-hybridized carbons (Fsp3) is 0.824. The third-order valence-electron chi connectivity index (χ3n) is 4.31. The van der Waals surface area contributed by atoms with Crippen LogP contribution in [0.2, 0.25) is 0 Å². The Hall–Kier alpha value is -1.84. The maximum Gasteiger partial charge on any atom is 0.405 e. The molecule has 0 bridgehead atoms. The molecule has 1 rings (SSSR count). The summed E-state index contributed by atoms with van der Waals surface area (Å²) in [7, 11) is 0. The van der Waals surface area contributed by atoms with Gasteiger partial charge in [-0.15, -0.1) is 0 Å². The van der Waals surface area contributed by atoms with Crippen molar-refractivity contribution in [2.24, 2.45) is 5.73 Å². The van der Waals surface area contributed by atoms with Crippen LogP contribution in [0.25, 0.3) is 0 Å². The average Bonchev–Trinajstić information content (AvgIpc) is 3.14. The summed E-state index contributed by atoms with van der Waals surface area (Å²) < 4.78 is 35.8. The SMILES string of the molecule is N[C@@H](CCC(=O)NCCCCCC(=O)NCC(F)(F)F)C(=O)N1CCCC1. The molecular weight excluding hydrogens is 365 g/mol. The maximum atomic E-state index is 12.0. The van der Waals surface area contributed by atoms with Crippen molar-refractivity contribution in [2.75, 3.05) is 26.2 Å². The number of amides is 3. The summed E-state index contributed by atoms with van der Waals surface area (Å²) in [5.41, 5.74) is 5.84. The number of carbonyl (C=O) groups excluding carboxylic acids is 3. The van der Waals surface area contributed by atoms with E-state index in [2.05, 4.69) is 5.32 Å². The predicted octanol–water partition coefficient (Wildman–Crippen LogP) is 1.07. The highest BCUT2D eigenvalue weighted by Gasteiger charge is 2.27. The first-order chi connectivity index (χ1) is 12.7. The fourth-order valence-electron chi connectivity index (χ4n) is 2.77.